The summed E-state index contributed by atoms with van der Waals surface area (Å²) in [7, 11) is 2.98. The molecule has 0 radical (unpaired) electrons. The topological polar surface area (TPSA) is 99.2 Å². The highest BCUT2D eigenvalue weighted by Crippen LogP contribution is 2.23. The van der Waals surface area contributed by atoms with Gasteiger partial charge >= 0.3 is 11.9 Å². The largest absolute Gasteiger partial charge is 0.460 e. The molecule has 0 aliphatic carbocycles. The number of rotatable bonds is 11. The Labute approximate surface area is 207 Å². The maximum atomic E-state index is 12.2. The molecule has 0 aromatic rings. The molecule has 0 aliphatic heterocycles. The van der Waals surface area contributed by atoms with Gasteiger partial charge in [0.2, 0.25) is 5.91 Å². The lowest BCUT2D eigenvalue weighted by molar-refractivity contribution is -0.178. The second-order valence-corrected chi connectivity index (χ2v) is 10.8. The predicted molar refractivity (Wildman–Crippen MR) is 133 cm³/mol. The third-order valence-corrected chi connectivity index (χ3v) is 5.41. The summed E-state index contributed by atoms with van der Waals surface area (Å²) >= 11 is 0. The van der Waals surface area contributed by atoms with Gasteiger partial charge in [-0.1, -0.05) is 40.5 Å². The maximum Gasteiger partial charge on any atom is 0.307 e. The summed E-state index contributed by atoms with van der Waals surface area (Å²) in [4.78, 5) is 51.2. The summed E-state index contributed by atoms with van der Waals surface area (Å²) in [6, 6.07) is 0. The van der Waals surface area contributed by atoms with E-state index in [0.29, 0.717) is 0 Å². The van der Waals surface area contributed by atoms with Crippen molar-refractivity contribution >= 4 is 24.1 Å². The quantitative estimate of drug-likeness (QED) is 0.230. The highest BCUT2D eigenvalue weighted by Gasteiger charge is 2.31. The van der Waals surface area contributed by atoms with Crippen molar-refractivity contribution in [2.24, 2.45) is 23.7 Å². The molecule has 0 unspecified atom stereocenters. The maximum absolute atomic E-state index is 12.2. The normalized spacial score (nSPS) is 15.1. The Kier molecular flexibility index (Phi) is 15.9. The monoisotopic (exact) mass is 487 g/mol. The predicted octanol–water partition coefficient (Wildman–Crippen LogP) is 4.98. The first kappa shape index (κ1) is 34.2. The molecule has 4 atom stereocenters. The third-order valence-electron chi connectivity index (χ3n) is 5.41. The molecule has 0 spiro atoms. The first-order chi connectivity index (χ1) is 15.4. The van der Waals surface area contributed by atoms with Crippen LogP contribution in [0.2, 0.25) is 0 Å². The van der Waals surface area contributed by atoms with Gasteiger partial charge in [-0.05, 0) is 53.4 Å². The van der Waals surface area contributed by atoms with E-state index in [1.807, 2.05) is 69.2 Å². The highest BCUT2D eigenvalue weighted by molar-refractivity contribution is 5.83. The van der Waals surface area contributed by atoms with Crippen LogP contribution in [-0.2, 0) is 33.5 Å². The van der Waals surface area contributed by atoms with Crippen LogP contribution in [-0.4, -0.2) is 54.6 Å². The summed E-state index contributed by atoms with van der Waals surface area (Å²) < 4.78 is 10.4. The Morgan fingerprint density at radius 2 is 1.24 bits per heavy atom. The smallest absolute Gasteiger partial charge is 0.307 e. The van der Waals surface area contributed by atoms with Gasteiger partial charge in [0.15, 0.2) is 0 Å². The van der Waals surface area contributed by atoms with Crippen molar-refractivity contribution in [3.05, 3.63) is 0 Å². The molecule has 0 rings (SSSR count). The van der Waals surface area contributed by atoms with Crippen molar-refractivity contribution in [3.63, 3.8) is 0 Å². The van der Waals surface area contributed by atoms with Gasteiger partial charge in [-0.2, -0.15) is 0 Å². The van der Waals surface area contributed by atoms with Crippen LogP contribution in [0.25, 0.3) is 0 Å². The zero-order valence-corrected chi connectivity index (χ0v) is 23.5. The van der Waals surface area contributed by atoms with Crippen LogP contribution in [0.3, 0.4) is 0 Å². The van der Waals surface area contributed by atoms with Crippen LogP contribution < -0.4 is 0 Å². The molecule has 0 bridgehead atoms. The molecule has 0 aromatic carbocycles. The summed E-state index contributed by atoms with van der Waals surface area (Å²) in [5.41, 5.74) is -1.01. The Bertz CT molecular complexity index is 634. The molecule has 0 aliphatic rings. The third kappa shape index (κ3) is 15.8. The van der Waals surface area contributed by atoms with Crippen LogP contribution in [0.4, 0.5) is 0 Å². The fourth-order valence-electron chi connectivity index (χ4n) is 2.96. The first-order valence-electron chi connectivity index (χ1n) is 12.1. The second-order valence-electron chi connectivity index (χ2n) is 10.8. The van der Waals surface area contributed by atoms with Crippen LogP contribution in [0, 0.1) is 23.7 Å². The van der Waals surface area contributed by atoms with Gasteiger partial charge in [0.1, 0.15) is 17.5 Å². The van der Waals surface area contributed by atoms with Gasteiger partial charge < -0.3 is 14.3 Å². The van der Waals surface area contributed by atoms with Gasteiger partial charge in [0, 0.05) is 13.0 Å². The van der Waals surface area contributed by atoms with Crippen molar-refractivity contribution in [3.8, 4) is 0 Å². The molecule has 200 valence electrons. The van der Waals surface area contributed by atoms with Crippen molar-refractivity contribution < 1.29 is 33.5 Å². The van der Waals surface area contributed by atoms with E-state index in [4.69, 9.17) is 14.3 Å². The van der Waals surface area contributed by atoms with Gasteiger partial charge in [-0.3, -0.25) is 19.2 Å². The lowest BCUT2D eigenvalue weighted by Crippen LogP contribution is -2.37. The fourth-order valence-corrected chi connectivity index (χ4v) is 2.96. The Morgan fingerprint density at radius 3 is 1.56 bits per heavy atom. The first-order valence-corrected chi connectivity index (χ1v) is 12.1. The van der Waals surface area contributed by atoms with Gasteiger partial charge in [-0.25, -0.2) is 5.06 Å². The molecule has 0 saturated heterocycles. The molecule has 8 nitrogen and oxygen atoms in total. The number of aldehydes is 1. The molecule has 0 aromatic heterocycles. The van der Waals surface area contributed by atoms with Gasteiger partial charge in [-0.15, -0.1) is 0 Å². The molecule has 0 saturated carbocycles. The average Bonchev–Trinajstić information content (AvgIpc) is 2.71. The molecule has 0 heterocycles. The molecule has 0 fully saturated rings. The van der Waals surface area contributed by atoms with Crippen molar-refractivity contribution in [1.29, 1.82) is 0 Å². The van der Waals surface area contributed by atoms with Crippen molar-refractivity contribution in [2.45, 2.75) is 106 Å². The number of amides is 1. The van der Waals surface area contributed by atoms with Crippen molar-refractivity contribution in [2.75, 3.05) is 14.2 Å². The molecule has 8 heteroatoms. The van der Waals surface area contributed by atoms with E-state index in [9.17, 15) is 19.2 Å². The van der Waals surface area contributed by atoms with E-state index in [2.05, 4.69) is 0 Å². The zero-order chi connectivity index (χ0) is 27.3. The summed E-state index contributed by atoms with van der Waals surface area (Å²) in [5.74, 6) is -1.14. The van der Waals surface area contributed by atoms with Crippen LogP contribution in [0.15, 0.2) is 0 Å². The van der Waals surface area contributed by atoms with Crippen LogP contribution in [0.1, 0.15) is 94.9 Å². The van der Waals surface area contributed by atoms with E-state index in [-0.39, 0.29) is 48.4 Å². The minimum atomic E-state index is -0.534. The second kappa shape index (κ2) is 15.8. The van der Waals surface area contributed by atoms with Gasteiger partial charge in [0.05, 0.1) is 25.9 Å². The lowest BCUT2D eigenvalue weighted by atomic mass is 9.88. The van der Waals surface area contributed by atoms with E-state index in [1.165, 1.54) is 12.2 Å². The van der Waals surface area contributed by atoms with Gasteiger partial charge in [0.25, 0.3) is 0 Å². The van der Waals surface area contributed by atoms with E-state index in [0.717, 1.165) is 19.1 Å². The molecular formula is C26H49NO7. The number of ether oxygens (including phenoxy) is 2. The number of nitrogens with zero attached hydrogens (tertiary/aromatic N) is 1. The van der Waals surface area contributed by atoms with E-state index in [1.54, 1.807) is 7.05 Å². The zero-order valence-electron chi connectivity index (χ0n) is 23.5. The van der Waals surface area contributed by atoms with Crippen LogP contribution >= 0.6 is 0 Å². The van der Waals surface area contributed by atoms with Crippen LogP contribution in [0.5, 0.6) is 0 Å². The lowest BCUT2D eigenvalue weighted by Gasteiger charge is -2.27. The number of carbonyl (C=O) groups excluding carboxylic acids is 4. The van der Waals surface area contributed by atoms with Crippen molar-refractivity contribution in [1.82, 2.24) is 5.06 Å². The standard InChI is InChI=1S/C14H27NO4.C12H22O3/c1-8-10(2)11(13(17)15(6)18-7)9-12(16)19-14(3,4)5;1-6-9(2)10(8-13)7-11(14)15-12(3,4)5/h10-11H,8-9H2,1-7H3;8-10H,6-7H2,1-5H3/t10-,11-;9-,10+/m00/s1. The molecular weight excluding hydrogens is 438 g/mol. The number of hydrogen-bond acceptors (Lipinski definition) is 7. The minimum Gasteiger partial charge on any atom is -0.460 e. The van der Waals surface area contributed by atoms with E-state index < -0.39 is 17.1 Å². The highest BCUT2D eigenvalue weighted by atomic mass is 16.7. The SMILES string of the molecule is CC[C@H](C)[C@@H](C=O)CC(=O)OC(C)(C)C.CC[C@H](C)[C@H](CC(=O)OC(C)(C)C)C(=O)N(C)OC. The number of hydroxylamine groups is 2. The molecule has 34 heavy (non-hydrogen) atoms. The fraction of sp³-hybridized carbons (Fsp3) is 0.846. The molecule has 0 N–H and O–H groups in total. The number of carbonyl (C=O) groups is 4. The van der Waals surface area contributed by atoms with E-state index >= 15 is 0 Å². The Hall–Kier alpha value is -1.96. The minimum absolute atomic E-state index is 0.0822. The summed E-state index contributed by atoms with van der Waals surface area (Å²) in [6.45, 7) is 18.8. The average molecular weight is 488 g/mol. The summed E-state index contributed by atoms with van der Waals surface area (Å²) in [6.07, 6.45) is 2.84. The summed E-state index contributed by atoms with van der Waals surface area (Å²) in [5, 5.41) is 1.17. The number of hydrogen-bond donors (Lipinski definition) is 0. The molecule has 1 amide bonds. The Morgan fingerprint density at radius 1 is 0.824 bits per heavy atom. The number of esters is 2. The Balaban J connectivity index is 0.